The summed E-state index contributed by atoms with van der Waals surface area (Å²) in [4.78, 5) is 24.9. The van der Waals surface area contributed by atoms with E-state index in [1.165, 1.54) is 6.92 Å². The minimum absolute atomic E-state index is 0.364. The van der Waals surface area contributed by atoms with Crippen molar-refractivity contribution >= 4 is 11.9 Å². The molecule has 21 heavy (non-hydrogen) atoms. The van der Waals surface area contributed by atoms with Gasteiger partial charge in [0.25, 0.3) is 5.91 Å². The van der Waals surface area contributed by atoms with E-state index in [0.717, 1.165) is 31.6 Å². The summed E-state index contributed by atoms with van der Waals surface area (Å²) in [5, 5.41) is 11.2. The van der Waals surface area contributed by atoms with Crippen molar-refractivity contribution in [2.45, 2.75) is 39.8 Å². The molecule has 1 amide bonds. The number of amides is 1. The van der Waals surface area contributed by atoms with Gasteiger partial charge >= 0.3 is 5.97 Å². The summed E-state index contributed by atoms with van der Waals surface area (Å²) in [7, 11) is 0. The van der Waals surface area contributed by atoms with E-state index in [-0.39, 0.29) is 5.91 Å². The summed E-state index contributed by atoms with van der Waals surface area (Å²) >= 11 is 0. The zero-order valence-electron chi connectivity index (χ0n) is 12.9. The lowest BCUT2D eigenvalue weighted by atomic mass is 10.1. The average molecular weight is 292 g/mol. The van der Waals surface area contributed by atoms with Gasteiger partial charge in [-0.3, -0.25) is 14.5 Å². The van der Waals surface area contributed by atoms with Crippen molar-refractivity contribution in [3.63, 3.8) is 0 Å². The highest BCUT2D eigenvalue weighted by Gasteiger charge is 2.15. The lowest BCUT2D eigenvalue weighted by molar-refractivity contribution is -0.138. The van der Waals surface area contributed by atoms with Gasteiger partial charge in [0.1, 0.15) is 6.04 Å². The van der Waals surface area contributed by atoms with Gasteiger partial charge in [0.15, 0.2) is 0 Å². The molecule has 0 saturated heterocycles. The molecule has 1 aromatic carbocycles. The molecule has 0 aliphatic carbocycles. The van der Waals surface area contributed by atoms with Gasteiger partial charge in [0, 0.05) is 12.1 Å². The number of hydrogen-bond donors (Lipinski definition) is 2. The third-order valence-electron chi connectivity index (χ3n) is 3.33. The summed E-state index contributed by atoms with van der Waals surface area (Å²) in [5.74, 6) is -1.41. The summed E-state index contributed by atoms with van der Waals surface area (Å²) in [6, 6.07) is 6.41. The summed E-state index contributed by atoms with van der Waals surface area (Å²) in [5.41, 5.74) is 1.62. The van der Waals surface area contributed by atoms with Crippen LogP contribution in [0.4, 0.5) is 0 Å². The Labute approximate surface area is 126 Å². The van der Waals surface area contributed by atoms with Gasteiger partial charge in [-0.25, -0.2) is 0 Å². The maximum absolute atomic E-state index is 11.9. The Morgan fingerprint density at radius 1 is 1.24 bits per heavy atom. The molecule has 116 valence electrons. The van der Waals surface area contributed by atoms with E-state index >= 15 is 0 Å². The Morgan fingerprint density at radius 3 is 2.33 bits per heavy atom. The van der Waals surface area contributed by atoms with Crippen LogP contribution in [0.3, 0.4) is 0 Å². The molecule has 5 heteroatoms. The van der Waals surface area contributed by atoms with Crippen LogP contribution in [0.15, 0.2) is 24.3 Å². The third kappa shape index (κ3) is 5.55. The molecule has 1 unspecified atom stereocenters. The highest BCUT2D eigenvalue weighted by Crippen LogP contribution is 2.08. The summed E-state index contributed by atoms with van der Waals surface area (Å²) in [6.45, 7) is 8.63. The average Bonchev–Trinajstić information content (AvgIpc) is 2.47. The number of carboxylic acids is 1. The molecule has 1 rings (SSSR count). The lowest BCUT2D eigenvalue weighted by Gasteiger charge is -2.19. The van der Waals surface area contributed by atoms with Crippen molar-refractivity contribution in [2.75, 3.05) is 13.1 Å². The molecule has 0 heterocycles. The number of benzene rings is 1. The first-order chi connectivity index (χ1) is 9.97. The maximum Gasteiger partial charge on any atom is 0.325 e. The molecule has 5 nitrogen and oxygen atoms in total. The van der Waals surface area contributed by atoms with Crippen LogP contribution in [0.5, 0.6) is 0 Å². The number of nitrogens with zero attached hydrogens (tertiary/aromatic N) is 1. The summed E-state index contributed by atoms with van der Waals surface area (Å²) in [6.07, 6.45) is 1.11. The van der Waals surface area contributed by atoms with E-state index < -0.39 is 12.0 Å². The Bertz CT molecular complexity index is 471. The van der Waals surface area contributed by atoms with Crippen LogP contribution >= 0.6 is 0 Å². The smallest absolute Gasteiger partial charge is 0.325 e. The van der Waals surface area contributed by atoms with Gasteiger partial charge in [-0.1, -0.05) is 26.0 Å². The second kappa shape index (κ2) is 8.42. The van der Waals surface area contributed by atoms with Gasteiger partial charge in [-0.15, -0.1) is 0 Å². The zero-order valence-corrected chi connectivity index (χ0v) is 12.9. The predicted molar refractivity (Wildman–Crippen MR) is 82.2 cm³/mol. The van der Waals surface area contributed by atoms with Gasteiger partial charge in [-0.05, 0) is 44.1 Å². The molecule has 0 bridgehead atoms. The van der Waals surface area contributed by atoms with Gasteiger partial charge in [-0.2, -0.15) is 0 Å². The molecule has 0 aromatic heterocycles. The highest BCUT2D eigenvalue weighted by molar-refractivity contribution is 5.96. The third-order valence-corrected chi connectivity index (χ3v) is 3.33. The Balaban J connectivity index is 2.65. The van der Waals surface area contributed by atoms with E-state index in [1.54, 1.807) is 12.1 Å². The molecular formula is C16H24N2O3. The van der Waals surface area contributed by atoms with Gasteiger partial charge < -0.3 is 10.4 Å². The van der Waals surface area contributed by atoms with E-state index in [1.807, 2.05) is 12.1 Å². The molecular weight excluding hydrogens is 268 g/mol. The number of carbonyl (C=O) groups excluding carboxylic acids is 1. The fourth-order valence-corrected chi connectivity index (χ4v) is 2.03. The molecule has 1 atom stereocenters. The van der Waals surface area contributed by atoms with Crippen LogP contribution in [0, 0.1) is 0 Å². The number of aliphatic carboxylic acids is 1. The SMILES string of the molecule is CCCN(CC)Cc1ccc(C(=O)NC(C)C(=O)O)cc1. The molecule has 0 spiro atoms. The normalized spacial score (nSPS) is 12.2. The Kier molecular flexibility index (Phi) is 6.88. The monoisotopic (exact) mass is 292 g/mol. The largest absolute Gasteiger partial charge is 0.480 e. The fourth-order valence-electron chi connectivity index (χ4n) is 2.03. The second-order valence-corrected chi connectivity index (χ2v) is 5.10. The van der Waals surface area contributed by atoms with Crippen molar-refractivity contribution in [1.82, 2.24) is 10.2 Å². The highest BCUT2D eigenvalue weighted by atomic mass is 16.4. The van der Waals surface area contributed by atoms with Crippen LogP contribution in [0.25, 0.3) is 0 Å². The van der Waals surface area contributed by atoms with Gasteiger partial charge in [0.05, 0.1) is 0 Å². The van der Waals surface area contributed by atoms with E-state index in [4.69, 9.17) is 5.11 Å². The van der Waals surface area contributed by atoms with Gasteiger partial charge in [0.2, 0.25) is 0 Å². The van der Waals surface area contributed by atoms with Crippen molar-refractivity contribution < 1.29 is 14.7 Å². The minimum Gasteiger partial charge on any atom is -0.480 e. The maximum atomic E-state index is 11.9. The van der Waals surface area contributed by atoms with Crippen molar-refractivity contribution in [3.8, 4) is 0 Å². The van der Waals surface area contributed by atoms with E-state index in [2.05, 4.69) is 24.1 Å². The molecule has 1 aromatic rings. The lowest BCUT2D eigenvalue weighted by Crippen LogP contribution is -2.38. The molecule has 0 aliphatic rings. The Hall–Kier alpha value is -1.88. The number of carbonyl (C=O) groups is 2. The van der Waals surface area contributed by atoms with Crippen LogP contribution in [-0.2, 0) is 11.3 Å². The predicted octanol–water partition coefficient (Wildman–Crippen LogP) is 2.12. The first kappa shape index (κ1) is 17.2. The fraction of sp³-hybridized carbons (Fsp3) is 0.500. The van der Waals surface area contributed by atoms with Crippen LogP contribution in [0.2, 0.25) is 0 Å². The number of nitrogens with one attached hydrogen (secondary N) is 1. The van der Waals surface area contributed by atoms with E-state index in [0.29, 0.717) is 5.56 Å². The second-order valence-electron chi connectivity index (χ2n) is 5.10. The van der Waals surface area contributed by atoms with Crippen LogP contribution in [-0.4, -0.2) is 41.0 Å². The number of carboxylic acid groups (broad SMARTS) is 1. The van der Waals surface area contributed by atoms with Crippen molar-refractivity contribution in [3.05, 3.63) is 35.4 Å². The minimum atomic E-state index is -1.04. The van der Waals surface area contributed by atoms with Crippen LogP contribution in [0.1, 0.15) is 43.1 Å². The topological polar surface area (TPSA) is 69.6 Å². The van der Waals surface area contributed by atoms with Crippen molar-refractivity contribution in [1.29, 1.82) is 0 Å². The number of rotatable bonds is 8. The van der Waals surface area contributed by atoms with Crippen LogP contribution < -0.4 is 5.32 Å². The first-order valence-electron chi connectivity index (χ1n) is 7.32. The quantitative estimate of drug-likeness (QED) is 0.770. The van der Waals surface area contributed by atoms with E-state index in [9.17, 15) is 9.59 Å². The molecule has 2 N–H and O–H groups in total. The molecule has 0 fully saturated rings. The Morgan fingerprint density at radius 2 is 1.86 bits per heavy atom. The standard InChI is InChI=1S/C16H24N2O3/c1-4-10-18(5-2)11-13-6-8-14(9-7-13)15(19)17-12(3)16(20)21/h6-9,12H,4-5,10-11H2,1-3H3,(H,17,19)(H,20,21). The molecule has 0 saturated carbocycles. The molecule has 0 aliphatic heterocycles. The summed E-state index contributed by atoms with van der Waals surface area (Å²) < 4.78 is 0. The zero-order chi connectivity index (χ0) is 15.8. The first-order valence-corrected chi connectivity index (χ1v) is 7.32. The molecule has 0 radical (unpaired) electrons. The van der Waals surface area contributed by atoms with Crippen molar-refractivity contribution in [2.24, 2.45) is 0 Å². The number of hydrogen-bond acceptors (Lipinski definition) is 3.